The van der Waals surface area contributed by atoms with Crippen molar-refractivity contribution in [2.45, 2.75) is 12.5 Å². The summed E-state index contributed by atoms with van der Waals surface area (Å²) in [7, 11) is 1.62. The van der Waals surface area contributed by atoms with Crippen molar-refractivity contribution in [3.8, 4) is 0 Å². The summed E-state index contributed by atoms with van der Waals surface area (Å²) in [5, 5.41) is 11.0. The van der Waals surface area contributed by atoms with E-state index in [0.29, 0.717) is 13.1 Å². The maximum atomic E-state index is 10.9. The Morgan fingerprint density at radius 1 is 1.73 bits per heavy atom. The third-order valence-corrected chi connectivity index (χ3v) is 3.67. The molecule has 1 atom stereocenters. The van der Waals surface area contributed by atoms with E-state index in [4.69, 9.17) is 9.84 Å². The number of carbonyl (C=O) groups is 1. The summed E-state index contributed by atoms with van der Waals surface area (Å²) in [6.45, 7) is 0.984. The molecule has 2 rings (SSSR count). The number of amides is 1. The SMILES string of the molecule is COC1CN(C(=O)O)CCc2sccc21. The number of rotatable bonds is 1. The molecule has 1 N–H and O–H groups in total. The second-order valence-corrected chi connectivity index (χ2v) is 4.50. The predicted molar refractivity (Wildman–Crippen MR) is 57.4 cm³/mol. The van der Waals surface area contributed by atoms with Gasteiger partial charge in [0.25, 0.3) is 0 Å². The summed E-state index contributed by atoms with van der Waals surface area (Å²) < 4.78 is 5.34. The first-order chi connectivity index (χ1) is 7.22. The second kappa shape index (κ2) is 4.20. The summed E-state index contributed by atoms with van der Waals surface area (Å²) in [5.41, 5.74) is 1.14. The molecule has 2 heterocycles. The summed E-state index contributed by atoms with van der Waals surface area (Å²) >= 11 is 1.67. The fourth-order valence-electron chi connectivity index (χ4n) is 1.84. The van der Waals surface area contributed by atoms with E-state index in [1.165, 1.54) is 9.78 Å². The van der Waals surface area contributed by atoms with Crippen molar-refractivity contribution >= 4 is 17.4 Å². The lowest BCUT2D eigenvalue weighted by atomic mass is 10.1. The highest BCUT2D eigenvalue weighted by Crippen LogP contribution is 2.29. The summed E-state index contributed by atoms with van der Waals surface area (Å²) in [6.07, 6.45) is -0.198. The van der Waals surface area contributed by atoms with Crippen LogP contribution < -0.4 is 0 Å². The zero-order chi connectivity index (χ0) is 10.8. The third-order valence-electron chi connectivity index (χ3n) is 2.68. The maximum Gasteiger partial charge on any atom is 0.407 e. The van der Waals surface area contributed by atoms with Gasteiger partial charge in [-0.3, -0.25) is 0 Å². The van der Waals surface area contributed by atoms with Crippen molar-refractivity contribution in [1.29, 1.82) is 0 Å². The number of ether oxygens (including phenoxy) is 1. The molecule has 0 bridgehead atoms. The molecule has 0 fully saturated rings. The Morgan fingerprint density at radius 3 is 3.20 bits per heavy atom. The van der Waals surface area contributed by atoms with E-state index in [2.05, 4.69) is 0 Å². The predicted octanol–water partition coefficient (Wildman–Crippen LogP) is 1.97. The monoisotopic (exact) mass is 227 g/mol. The molecular formula is C10H13NO3S. The van der Waals surface area contributed by atoms with Gasteiger partial charge < -0.3 is 14.7 Å². The second-order valence-electron chi connectivity index (χ2n) is 3.50. The molecule has 5 heteroatoms. The minimum Gasteiger partial charge on any atom is -0.465 e. The fraction of sp³-hybridized carbons (Fsp3) is 0.500. The van der Waals surface area contributed by atoms with E-state index in [1.807, 2.05) is 11.4 Å². The first-order valence-corrected chi connectivity index (χ1v) is 5.67. The fourth-order valence-corrected chi connectivity index (χ4v) is 2.77. The summed E-state index contributed by atoms with van der Waals surface area (Å²) in [4.78, 5) is 13.6. The van der Waals surface area contributed by atoms with Crippen LogP contribution in [0.1, 0.15) is 16.5 Å². The van der Waals surface area contributed by atoms with Gasteiger partial charge >= 0.3 is 6.09 Å². The molecule has 0 aliphatic carbocycles. The molecule has 0 saturated heterocycles. The number of nitrogens with zero attached hydrogens (tertiary/aromatic N) is 1. The van der Waals surface area contributed by atoms with Crippen LogP contribution in [0.4, 0.5) is 4.79 Å². The van der Waals surface area contributed by atoms with Gasteiger partial charge in [0.15, 0.2) is 0 Å². The van der Waals surface area contributed by atoms with Crippen LogP contribution in [0.3, 0.4) is 0 Å². The van der Waals surface area contributed by atoms with Gasteiger partial charge in [-0.1, -0.05) is 0 Å². The molecule has 1 unspecified atom stereocenters. The molecule has 1 amide bonds. The standard InChI is InChI=1S/C10H13NO3S/c1-14-8-6-11(10(12)13)4-2-9-7(8)3-5-15-9/h3,5,8H,2,4,6H2,1H3,(H,12,13). The first-order valence-electron chi connectivity index (χ1n) is 4.79. The van der Waals surface area contributed by atoms with E-state index >= 15 is 0 Å². The molecule has 1 aromatic rings. The number of hydrogen-bond acceptors (Lipinski definition) is 3. The highest BCUT2D eigenvalue weighted by atomic mass is 32.1. The topological polar surface area (TPSA) is 49.8 Å². The van der Waals surface area contributed by atoms with Gasteiger partial charge in [-0.25, -0.2) is 4.79 Å². The van der Waals surface area contributed by atoms with E-state index in [1.54, 1.807) is 18.4 Å². The summed E-state index contributed by atoms with van der Waals surface area (Å²) in [6, 6.07) is 2.03. The minimum atomic E-state index is -0.868. The molecule has 82 valence electrons. The van der Waals surface area contributed by atoms with Crippen LogP contribution in [0.25, 0.3) is 0 Å². The van der Waals surface area contributed by atoms with Crippen LogP contribution in [0.2, 0.25) is 0 Å². The molecule has 15 heavy (non-hydrogen) atoms. The van der Waals surface area contributed by atoms with E-state index in [-0.39, 0.29) is 6.10 Å². The number of methoxy groups -OCH3 is 1. The molecular weight excluding hydrogens is 214 g/mol. The first kappa shape index (κ1) is 10.4. The lowest BCUT2D eigenvalue weighted by Gasteiger charge is -2.20. The number of fused-ring (bicyclic) bond motifs is 1. The van der Waals surface area contributed by atoms with Crippen LogP contribution in [0.15, 0.2) is 11.4 Å². The average molecular weight is 227 g/mol. The minimum absolute atomic E-state index is 0.121. The normalized spacial score (nSPS) is 20.9. The Bertz CT molecular complexity index is 363. The lowest BCUT2D eigenvalue weighted by Crippen LogP contribution is -2.33. The van der Waals surface area contributed by atoms with Crippen molar-refractivity contribution in [2.24, 2.45) is 0 Å². The number of thiophene rings is 1. The summed E-state index contributed by atoms with van der Waals surface area (Å²) in [5.74, 6) is 0. The highest BCUT2D eigenvalue weighted by Gasteiger charge is 2.25. The Labute approximate surface area is 92.1 Å². The van der Waals surface area contributed by atoms with Gasteiger partial charge in [-0.05, 0) is 23.4 Å². The molecule has 0 saturated carbocycles. The van der Waals surface area contributed by atoms with Crippen molar-refractivity contribution in [3.05, 3.63) is 21.9 Å². The third kappa shape index (κ3) is 1.98. The Balaban J connectivity index is 2.24. The van der Waals surface area contributed by atoms with Gasteiger partial charge in [0.1, 0.15) is 6.10 Å². The van der Waals surface area contributed by atoms with Gasteiger partial charge in [-0.2, -0.15) is 0 Å². The molecule has 0 radical (unpaired) electrons. The van der Waals surface area contributed by atoms with Crippen LogP contribution >= 0.6 is 11.3 Å². The maximum absolute atomic E-state index is 10.9. The molecule has 0 aromatic carbocycles. The van der Waals surface area contributed by atoms with E-state index in [0.717, 1.165) is 12.0 Å². The van der Waals surface area contributed by atoms with Crippen LogP contribution in [-0.4, -0.2) is 36.3 Å². The largest absolute Gasteiger partial charge is 0.465 e. The molecule has 0 spiro atoms. The Kier molecular flexibility index (Phi) is 2.93. The quantitative estimate of drug-likeness (QED) is 0.798. The van der Waals surface area contributed by atoms with Crippen molar-refractivity contribution in [1.82, 2.24) is 4.90 Å². The van der Waals surface area contributed by atoms with Crippen molar-refractivity contribution in [3.63, 3.8) is 0 Å². The zero-order valence-corrected chi connectivity index (χ0v) is 9.29. The van der Waals surface area contributed by atoms with Crippen molar-refractivity contribution < 1.29 is 14.6 Å². The molecule has 1 aromatic heterocycles. The van der Waals surface area contributed by atoms with Crippen LogP contribution in [0.5, 0.6) is 0 Å². The lowest BCUT2D eigenvalue weighted by molar-refractivity contribution is 0.0657. The smallest absolute Gasteiger partial charge is 0.407 e. The van der Waals surface area contributed by atoms with E-state index < -0.39 is 6.09 Å². The van der Waals surface area contributed by atoms with E-state index in [9.17, 15) is 4.79 Å². The zero-order valence-electron chi connectivity index (χ0n) is 8.47. The van der Waals surface area contributed by atoms with Crippen molar-refractivity contribution in [2.75, 3.05) is 20.2 Å². The molecule has 4 nitrogen and oxygen atoms in total. The van der Waals surface area contributed by atoms with Crippen LogP contribution in [-0.2, 0) is 11.2 Å². The van der Waals surface area contributed by atoms with Gasteiger partial charge in [0.2, 0.25) is 0 Å². The number of carboxylic acid groups (broad SMARTS) is 1. The van der Waals surface area contributed by atoms with Gasteiger partial charge in [0.05, 0.1) is 6.54 Å². The molecule has 1 aliphatic rings. The average Bonchev–Trinajstić information content (AvgIpc) is 2.59. The Morgan fingerprint density at radius 2 is 2.53 bits per heavy atom. The van der Waals surface area contributed by atoms with Gasteiger partial charge in [0, 0.05) is 18.5 Å². The highest BCUT2D eigenvalue weighted by molar-refractivity contribution is 7.10. The van der Waals surface area contributed by atoms with Gasteiger partial charge in [-0.15, -0.1) is 11.3 Å². The van der Waals surface area contributed by atoms with Crippen LogP contribution in [0, 0.1) is 0 Å². The number of hydrogen-bond donors (Lipinski definition) is 1. The molecule has 1 aliphatic heterocycles. The Hall–Kier alpha value is -1.07.